The number of halogens is 1. The predicted molar refractivity (Wildman–Crippen MR) is 124 cm³/mol. The van der Waals surface area contributed by atoms with Crippen molar-refractivity contribution in [1.29, 1.82) is 5.26 Å². The van der Waals surface area contributed by atoms with Crippen LogP contribution in [0, 0.1) is 17.2 Å². The summed E-state index contributed by atoms with van der Waals surface area (Å²) in [5.74, 6) is 1.24. The van der Waals surface area contributed by atoms with E-state index in [1.807, 2.05) is 29.2 Å². The van der Waals surface area contributed by atoms with E-state index in [0.29, 0.717) is 24.1 Å². The number of nitrogens with one attached hydrogen (secondary N) is 2. The average Bonchev–Trinajstić information content (AvgIpc) is 2.72. The second-order valence-corrected chi connectivity index (χ2v) is 6.99. The molecule has 28 heavy (non-hydrogen) atoms. The van der Waals surface area contributed by atoms with Crippen LogP contribution in [-0.2, 0) is 11.3 Å². The molecule has 1 aromatic rings. The summed E-state index contributed by atoms with van der Waals surface area (Å²) in [6.45, 7) is 6.43. The molecule has 0 spiro atoms. The minimum absolute atomic E-state index is 0. The second kappa shape index (κ2) is 12.6. The summed E-state index contributed by atoms with van der Waals surface area (Å²) < 4.78 is 0. The molecule has 0 radical (unpaired) electrons. The lowest BCUT2D eigenvalue weighted by Gasteiger charge is -2.34. The van der Waals surface area contributed by atoms with Gasteiger partial charge in [0.05, 0.1) is 11.6 Å². The van der Waals surface area contributed by atoms with Gasteiger partial charge in [-0.05, 0) is 43.4 Å². The number of piperidine rings is 1. The van der Waals surface area contributed by atoms with Gasteiger partial charge in [-0.1, -0.05) is 26.0 Å². The number of aliphatic imine (C=N–C) groups is 1. The van der Waals surface area contributed by atoms with Crippen molar-refractivity contribution in [2.45, 2.75) is 52.1 Å². The van der Waals surface area contributed by atoms with Crippen molar-refractivity contribution in [3.63, 3.8) is 0 Å². The third-order valence-electron chi connectivity index (χ3n) is 5.25. The van der Waals surface area contributed by atoms with Crippen LogP contribution in [0.25, 0.3) is 0 Å². The number of benzene rings is 1. The van der Waals surface area contributed by atoms with Crippen LogP contribution in [0.3, 0.4) is 0 Å². The molecule has 1 saturated heterocycles. The molecule has 1 fully saturated rings. The zero-order chi connectivity index (χ0) is 19.6. The molecule has 7 heteroatoms. The maximum Gasteiger partial charge on any atom is 0.225 e. The molecule has 6 nitrogen and oxygen atoms in total. The van der Waals surface area contributed by atoms with Crippen LogP contribution < -0.4 is 10.6 Å². The molecular formula is C21H32IN5O. The maximum absolute atomic E-state index is 12.5. The second-order valence-electron chi connectivity index (χ2n) is 6.99. The van der Waals surface area contributed by atoms with Crippen molar-refractivity contribution < 1.29 is 4.79 Å². The highest BCUT2D eigenvalue weighted by Crippen LogP contribution is 2.17. The molecule has 0 atom stereocenters. The van der Waals surface area contributed by atoms with Crippen molar-refractivity contribution in [2.24, 2.45) is 10.9 Å². The minimum Gasteiger partial charge on any atom is -0.354 e. The standard InChI is InChI=1S/C21H31N5O.HI/c1-4-18(5-2)20(27)26-12-10-19(11-13-26)25-21(23-3)24-15-17-8-6-16(14-22)7-9-17;/h6-9,18-19H,4-5,10-13,15H2,1-3H3,(H2,23,24,25);1H. The minimum atomic E-state index is 0. The molecule has 2 N–H and O–H groups in total. The first kappa shape index (κ1) is 24.2. The van der Waals surface area contributed by atoms with Crippen molar-refractivity contribution in [2.75, 3.05) is 20.1 Å². The van der Waals surface area contributed by atoms with E-state index in [1.54, 1.807) is 7.05 Å². The highest BCUT2D eigenvalue weighted by Gasteiger charge is 2.26. The molecule has 0 unspecified atom stereocenters. The van der Waals surface area contributed by atoms with E-state index in [2.05, 4.69) is 35.5 Å². The largest absolute Gasteiger partial charge is 0.354 e. The Kier molecular flexibility index (Phi) is 10.9. The lowest BCUT2D eigenvalue weighted by Crippen LogP contribution is -2.50. The molecule has 0 aliphatic carbocycles. The fourth-order valence-corrected chi connectivity index (χ4v) is 3.41. The first-order valence-corrected chi connectivity index (χ1v) is 9.86. The monoisotopic (exact) mass is 497 g/mol. The van der Waals surface area contributed by atoms with Gasteiger partial charge >= 0.3 is 0 Å². The van der Waals surface area contributed by atoms with Gasteiger partial charge in [0.1, 0.15) is 0 Å². The number of hydrogen-bond donors (Lipinski definition) is 2. The molecule has 0 bridgehead atoms. The van der Waals surface area contributed by atoms with Gasteiger partial charge in [-0.2, -0.15) is 5.26 Å². The number of carbonyl (C=O) groups excluding carboxylic acids is 1. The van der Waals surface area contributed by atoms with Gasteiger partial charge in [0.2, 0.25) is 5.91 Å². The fraction of sp³-hybridized carbons (Fsp3) is 0.571. The topological polar surface area (TPSA) is 80.5 Å². The fourth-order valence-electron chi connectivity index (χ4n) is 3.41. The van der Waals surface area contributed by atoms with E-state index < -0.39 is 0 Å². The first-order chi connectivity index (χ1) is 13.1. The maximum atomic E-state index is 12.5. The molecule has 1 aromatic carbocycles. The Morgan fingerprint density at radius 1 is 1.25 bits per heavy atom. The number of carbonyl (C=O) groups is 1. The van der Waals surface area contributed by atoms with Crippen LogP contribution in [0.1, 0.15) is 50.7 Å². The van der Waals surface area contributed by atoms with Crippen LogP contribution in [0.2, 0.25) is 0 Å². The Bertz CT molecular complexity index is 671. The zero-order valence-corrected chi connectivity index (χ0v) is 19.4. The van der Waals surface area contributed by atoms with Crippen LogP contribution >= 0.6 is 24.0 Å². The van der Waals surface area contributed by atoms with E-state index in [9.17, 15) is 4.79 Å². The Labute approximate surface area is 185 Å². The SMILES string of the molecule is CCC(CC)C(=O)N1CCC(NC(=NC)NCc2ccc(C#N)cc2)CC1.I. The molecule has 2 rings (SSSR count). The highest BCUT2D eigenvalue weighted by atomic mass is 127. The Morgan fingerprint density at radius 3 is 2.36 bits per heavy atom. The molecule has 0 saturated carbocycles. The van der Waals surface area contributed by atoms with Gasteiger partial charge in [0.25, 0.3) is 0 Å². The molecule has 1 aliphatic rings. The van der Waals surface area contributed by atoms with Gasteiger partial charge in [0, 0.05) is 38.6 Å². The molecule has 154 valence electrons. The molecule has 1 amide bonds. The zero-order valence-electron chi connectivity index (χ0n) is 17.1. The summed E-state index contributed by atoms with van der Waals surface area (Å²) in [4.78, 5) is 18.8. The Balaban J connectivity index is 0.00000392. The van der Waals surface area contributed by atoms with E-state index in [0.717, 1.165) is 50.3 Å². The smallest absolute Gasteiger partial charge is 0.225 e. The lowest BCUT2D eigenvalue weighted by molar-refractivity contribution is -0.136. The summed E-state index contributed by atoms with van der Waals surface area (Å²) in [7, 11) is 1.76. The number of guanidine groups is 1. The molecule has 0 aromatic heterocycles. The summed E-state index contributed by atoms with van der Waals surface area (Å²) in [6.07, 6.45) is 3.70. The van der Waals surface area contributed by atoms with Gasteiger partial charge in [-0.15, -0.1) is 24.0 Å². The van der Waals surface area contributed by atoms with Crippen molar-refractivity contribution in [3.05, 3.63) is 35.4 Å². The third kappa shape index (κ3) is 6.97. The van der Waals surface area contributed by atoms with Gasteiger partial charge in [0.15, 0.2) is 5.96 Å². The number of rotatable bonds is 6. The summed E-state index contributed by atoms with van der Waals surface area (Å²) >= 11 is 0. The average molecular weight is 497 g/mol. The number of likely N-dealkylation sites (tertiary alicyclic amines) is 1. The third-order valence-corrected chi connectivity index (χ3v) is 5.25. The van der Waals surface area contributed by atoms with Gasteiger partial charge in [-0.3, -0.25) is 9.79 Å². The van der Waals surface area contributed by atoms with Crippen molar-refractivity contribution in [1.82, 2.24) is 15.5 Å². The lowest BCUT2D eigenvalue weighted by atomic mass is 9.98. The van der Waals surface area contributed by atoms with E-state index in [-0.39, 0.29) is 29.9 Å². The van der Waals surface area contributed by atoms with Crippen LogP contribution in [0.15, 0.2) is 29.3 Å². The van der Waals surface area contributed by atoms with Crippen molar-refractivity contribution in [3.8, 4) is 6.07 Å². The normalized spacial score (nSPS) is 15.0. The molecule has 1 aliphatic heterocycles. The van der Waals surface area contributed by atoms with E-state index >= 15 is 0 Å². The summed E-state index contributed by atoms with van der Waals surface area (Å²) in [6, 6.07) is 9.98. The number of hydrogen-bond acceptors (Lipinski definition) is 3. The van der Waals surface area contributed by atoms with Crippen molar-refractivity contribution >= 4 is 35.8 Å². The predicted octanol–water partition coefficient (Wildman–Crippen LogP) is 3.27. The number of nitriles is 1. The Morgan fingerprint density at radius 2 is 1.86 bits per heavy atom. The first-order valence-electron chi connectivity index (χ1n) is 9.86. The van der Waals surface area contributed by atoms with Crippen LogP contribution in [0.4, 0.5) is 0 Å². The molecule has 1 heterocycles. The summed E-state index contributed by atoms with van der Waals surface area (Å²) in [5.41, 5.74) is 1.76. The van der Waals surface area contributed by atoms with Gasteiger partial charge in [-0.25, -0.2) is 0 Å². The Hall–Kier alpha value is -1.82. The summed E-state index contributed by atoms with van der Waals surface area (Å²) in [5, 5.41) is 15.6. The molecular weight excluding hydrogens is 465 g/mol. The number of nitrogens with zero attached hydrogens (tertiary/aromatic N) is 3. The van der Waals surface area contributed by atoms with Gasteiger partial charge < -0.3 is 15.5 Å². The highest BCUT2D eigenvalue weighted by molar-refractivity contribution is 14.0. The van der Waals surface area contributed by atoms with E-state index in [1.165, 1.54) is 0 Å². The van der Waals surface area contributed by atoms with E-state index in [4.69, 9.17) is 5.26 Å². The van der Waals surface area contributed by atoms with Crippen LogP contribution in [0.5, 0.6) is 0 Å². The quantitative estimate of drug-likeness (QED) is 0.359. The number of amides is 1. The van der Waals surface area contributed by atoms with Crippen LogP contribution in [-0.4, -0.2) is 42.9 Å².